The maximum atomic E-state index is 13.4. The zero-order valence-corrected chi connectivity index (χ0v) is 8.32. The first-order valence-electron chi connectivity index (χ1n) is 4.99. The van der Waals surface area contributed by atoms with Crippen LogP contribution in [0.4, 0.5) is 4.39 Å². The van der Waals surface area contributed by atoms with Gasteiger partial charge >= 0.3 is 0 Å². The van der Waals surface area contributed by atoms with Gasteiger partial charge in [-0.05, 0) is 18.9 Å². The highest BCUT2D eigenvalue weighted by Gasteiger charge is 2.25. The number of oxazole rings is 1. The third-order valence-corrected chi connectivity index (χ3v) is 2.81. The van der Waals surface area contributed by atoms with E-state index in [1.165, 1.54) is 6.39 Å². The molecule has 1 saturated heterocycles. The van der Waals surface area contributed by atoms with E-state index >= 15 is 0 Å². The van der Waals surface area contributed by atoms with Crippen LogP contribution in [0.5, 0.6) is 0 Å². The number of piperidine rings is 1. The average molecular weight is 198 g/mol. The zero-order chi connectivity index (χ0) is 9.97. The lowest BCUT2D eigenvalue weighted by atomic mass is 9.97. The Kier molecular flexibility index (Phi) is 2.82. The second-order valence-corrected chi connectivity index (χ2v) is 3.98. The van der Waals surface area contributed by atoms with E-state index in [4.69, 9.17) is 4.42 Å². The summed E-state index contributed by atoms with van der Waals surface area (Å²) in [4.78, 5) is 5.91. The number of alkyl halides is 1. The maximum Gasteiger partial charge on any atom is 0.180 e. The van der Waals surface area contributed by atoms with Crippen LogP contribution < -0.4 is 0 Å². The van der Waals surface area contributed by atoms with Crippen molar-refractivity contribution in [2.45, 2.75) is 26.1 Å². The minimum Gasteiger partial charge on any atom is -0.447 e. The van der Waals surface area contributed by atoms with Crippen LogP contribution in [0.2, 0.25) is 0 Å². The molecule has 0 N–H and O–H groups in total. The molecule has 0 saturated carbocycles. The fraction of sp³-hybridized carbons (Fsp3) is 0.700. The molecule has 1 aliphatic heterocycles. The van der Waals surface area contributed by atoms with Gasteiger partial charge in [-0.2, -0.15) is 0 Å². The van der Waals surface area contributed by atoms with Gasteiger partial charge in [0.2, 0.25) is 0 Å². The number of rotatable bonds is 2. The highest BCUT2D eigenvalue weighted by Crippen LogP contribution is 2.21. The minimum atomic E-state index is -0.702. The number of aromatic nitrogens is 1. The summed E-state index contributed by atoms with van der Waals surface area (Å²) in [7, 11) is 0. The predicted molar refractivity (Wildman–Crippen MR) is 50.5 cm³/mol. The van der Waals surface area contributed by atoms with Gasteiger partial charge in [-0.1, -0.05) is 6.92 Å². The van der Waals surface area contributed by atoms with Crippen molar-refractivity contribution >= 4 is 0 Å². The molecule has 0 aromatic carbocycles. The Morgan fingerprint density at radius 3 is 3.21 bits per heavy atom. The molecule has 1 aromatic heterocycles. The lowest BCUT2D eigenvalue weighted by molar-refractivity contribution is 0.0838. The van der Waals surface area contributed by atoms with E-state index < -0.39 is 6.17 Å². The quantitative estimate of drug-likeness (QED) is 0.726. The summed E-state index contributed by atoms with van der Waals surface area (Å²) in [5.41, 5.74) is 0. The van der Waals surface area contributed by atoms with Gasteiger partial charge < -0.3 is 4.42 Å². The van der Waals surface area contributed by atoms with Gasteiger partial charge in [0.05, 0.1) is 12.7 Å². The molecule has 4 heteroatoms. The highest BCUT2D eigenvalue weighted by molar-refractivity contribution is 4.90. The van der Waals surface area contributed by atoms with Crippen LogP contribution in [0, 0.1) is 5.92 Å². The first-order valence-corrected chi connectivity index (χ1v) is 4.99. The number of halogens is 1. The number of hydrogen-bond acceptors (Lipinski definition) is 3. The van der Waals surface area contributed by atoms with E-state index in [-0.39, 0.29) is 5.92 Å². The summed E-state index contributed by atoms with van der Waals surface area (Å²) in [6, 6.07) is 0. The van der Waals surface area contributed by atoms with E-state index in [0.717, 1.165) is 18.7 Å². The Bertz CT molecular complexity index is 276. The van der Waals surface area contributed by atoms with Crippen molar-refractivity contribution in [2.75, 3.05) is 13.1 Å². The predicted octanol–water partition coefficient (Wildman–Crippen LogP) is 1.85. The molecular weight excluding hydrogens is 183 g/mol. The van der Waals surface area contributed by atoms with Crippen molar-refractivity contribution in [1.82, 2.24) is 9.88 Å². The molecule has 1 aromatic rings. The Labute approximate surface area is 82.9 Å². The van der Waals surface area contributed by atoms with Crippen LogP contribution in [0.3, 0.4) is 0 Å². The second kappa shape index (κ2) is 4.09. The van der Waals surface area contributed by atoms with Crippen LogP contribution in [-0.2, 0) is 6.54 Å². The summed E-state index contributed by atoms with van der Waals surface area (Å²) >= 11 is 0. The van der Waals surface area contributed by atoms with Crippen LogP contribution in [0.1, 0.15) is 19.1 Å². The lowest BCUT2D eigenvalue weighted by Gasteiger charge is -2.32. The standard InChI is InChI=1S/C10H15FN2O/c1-8-2-3-13(6-10(8)11)5-9-4-12-7-14-9/h4,7-8,10H,2-3,5-6H2,1H3/t8-,10+/m0/s1. The highest BCUT2D eigenvalue weighted by atomic mass is 19.1. The van der Waals surface area contributed by atoms with Gasteiger partial charge in [-0.3, -0.25) is 4.90 Å². The first kappa shape index (κ1) is 9.65. The van der Waals surface area contributed by atoms with E-state index in [9.17, 15) is 4.39 Å². The largest absolute Gasteiger partial charge is 0.447 e. The van der Waals surface area contributed by atoms with Gasteiger partial charge in [-0.15, -0.1) is 0 Å². The van der Waals surface area contributed by atoms with Crippen molar-refractivity contribution in [3.05, 3.63) is 18.4 Å². The molecule has 1 aliphatic rings. The van der Waals surface area contributed by atoms with Crippen LogP contribution >= 0.6 is 0 Å². The van der Waals surface area contributed by atoms with Crippen molar-refractivity contribution in [2.24, 2.45) is 5.92 Å². The van der Waals surface area contributed by atoms with Crippen molar-refractivity contribution < 1.29 is 8.81 Å². The Hall–Kier alpha value is -0.900. The van der Waals surface area contributed by atoms with Crippen molar-refractivity contribution in [3.63, 3.8) is 0 Å². The van der Waals surface area contributed by atoms with Crippen molar-refractivity contribution in [1.29, 1.82) is 0 Å². The Balaban J connectivity index is 1.88. The van der Waals surface area contributed by atoms with Gasteiger partial charge in [0.25, 0.3) is 0 Å². The van der Waals surface area contributed by atoms with E-state index in [1.807, 2.05) is 6.92 Å². The SMILES string of the molecule is C[C@H]1CCN(Cc2cnco2)C[C@H]1F. The first-order chi connectivity index (χ1) is 6.75. The molecular formula is C10H15FN2O. The third kappa shape index (κ3) is 2.12. The van der Waals surface area contributed by atoms with E-state index in [2.05, 4.69) is 9.88 Å². The number of nitrogens with zero attached hydrogens (tertiary/aromatic N) is 2. The van der Waals surface area contributed by atoms with Gasteiger partial charge in [0.15, 0.2) is 6.39 Å². The third-order valence-electron chi connectivity index (χ3n) is 2.81. The Morgan fingerprint density at radius 1 is 1.71 bits per heavy atom. The van der Waals surface area contributed by atoms with Gasteiger partial charge in [-0.25, -0.2) is 9.37 Å². The monoisotopic (exact) mass is 198 g/mol. The molecule has 0 unspecified atom stereocenters. The molecule has 1 fully saturated rings. The summed E-state index contributed by atoms with van der Waals surface area (Å²) in [5.74, 6) is 1.01. The molecule has 0 aliphatic carbocycles. The lowest BCUT2D eigenvalue weighted by Crippen LogP contribution is -2.40. The number of likely N-dealkylation sites (tertiary alicyclic amines) is 1. The smallest absolute Gasteiger partial charge is 0.180 e. The summed E-state index contributed by atoms with van der Waals surface area (Å²) in [6.45, 7) is 4.10. The summed E-state index contributed by atoms with van der Waals surface area (Å²) < 4.78 is 18.5. The molecule has 0 spiro atoms. The van der Waals surface area contributed by atoms with Crippen molar-refractivity contribution in [3.8, 4) is 0 Å². The van der Waals surface area contributed by atoms with Gasteiger partial charge in [0, 0.05) is 6.54 Å². The van der Waals surface area contributed by atoms with E-state index in [1.54, 1.807) is 6.20 Å². The van der Waals surface area contributed by atoms with E-state index in [0.29, 0.717) is 13.1 Å². The maximum absolute atomic E-state index is 13.4. The second-order valence-electron chi connectivity index (χ2n) is 3.98. The fourth-order valence-electron chi connectivity index (χ4n) is 1.77. The molecule has 2 atom stereocenters. The molecule has 3 nitrogen and oxygen atoms in total. The van der Waals surface area contributed by atoms with Gasteiger partial charge in [0.1, 0.15) is 11.9 Å². The normalized spacial score (nSPS) is 29.3. The molecule has 14 heavy (non-hydrogen) atoms. The molecule has 0 amide bonds. The minimum absolute atomic E-state index is 0.195. The zero-order valence-electron chi connectivity index (χ0n) is 8.32. The molecule has 2 rings (SSSR count). The Morgan fingerprint density at radius 2 is 2.57 bits per heavy atom. The fourth-order valence-corrected chi connectivity index (χ4v) is 1.77. The van der Waals surface area contributed by atoms with Crippen LogP contribution in [0.15, 0.2) is 17.0 Å². The molecule has 78 valence electrons. The van der Waals surface area contributed by atoms with Crippen LogP contribution in [0.25, 0.3) is 0 Å². The summed E-state index contributed by atoms with van der Waals surface area (Å²) in [6.07, 6.45) is 3.32. The molecule has 2 heterocycles. The number of hydrogen-bond donors (Lipinski definition) is 0. The summed E-state index contributed by atoms with van der Waals surface area (Å²) in [5, 5.41) is 0. The molecule has 0 radical (unpaired) electrons. The van der Waals surface area contributed by atoms with Crippen LogP contribution in [-0.4, -0.2) is 29.1 Å². The average Bonchev–Trinajstić information content (AvgIpc) is 2.64. The topological polar surface area (TPSA) is 29.3 Å². The molecule has 0 bridgehead atoms.